The molecular weight excluding hydrogens is 276 g/mol. The minimum atomic E-state index is 0.660. The van der Waals surface area contributed by atoms with Crippen LogP contribution in [-0.2, 0) is 12.8 Å². The molecule has 0 spiro atoms. The van der Waals surface area contributed by atoms with Gasteiger partial charge in [0.05, 0.1) is 0 Å². The predicted octanol–water partition coefficient (Wildman–Crippen LogP) is 3.58. The van der Waals surface area contributed by atoms with Crippen LogP contribution in [0.2, 0.25) is 5.02 Å². The van der Waals surface area contributed by atoms with Crippen LogP contribution in [0.25, 0.3) is 0 Å². The molecule has 0 aliphatic carbocycles. The summed E-state index contributed by atoms with van der Waals surface area (Å²) in [6.45, 7) is 1.64. The lowest BCUT2D eigenvalue weighted by atomic mass is 10.1. The Morgan fingerprint density at radius 3 is 2.79 bits per heavy atom. The van der Waals surface area contributed by atoms with E-state index in [4.69, 9.17) is 17.3 Å². The third-order valence-electron chi connectivity index (χ3n) is 3.15. The highest BCUT2D eigenvalue weighted by atomic mass is 35.5. The predicted molar refractivity (Wildman–Crippen MR) is 85.5 cm³/mol. The second-order valence-electron chi connectivity index (χ2n) is 4.56. The van der Waals surface area contributed by atoms with Crippen LogP contribution in [0.3, 0.4) is 0 Å². The zero-order chi connectivity index (χ0) is 13.7. The average molecular weight is 295 g/mol. The van der Waals surface area contributed by atoms with Crippen molar-refractivity contribution < 1.29 is 0 Å². The van der Waals surface area contributed by atoms with Gasteiger partial charge in [0.1, 0.15) is 0 Å². The molecule has 2 nitrogen and oxygen atoms in total. The molecule has 2 aromatic rings. The van der Waals surface area contributed by atoms with E-state index in [0.717, 1.165) is 24.4 Å². The van der Waals surface area contributed by atoms with E-state index in [-0.39, 0.29) is 0 Å². The Balaban J connectivity index is 2.08. The number of hydrogen-bond donors (Lipinski definition) is 1. The lowest BCUT2D eigenvalue weighted by molar-refractivity contribution is 0.869. The van der Waals surface area contributed by atoms with E-state index in [1.807, 2.05) is 12.1 Å². The van der Waals surface area contributed by atoms with Crippen molar-refractivity contribution >= 4 is 28.6 Å². The molecule has 0 aliphatic rings. The molecule has 2 N–H and O–H groups in total. The number of anilines is 1. The second kappa shape index (κ2) is 6.94. The Morgan fingerprint density at radius 2 is 2.11 bits per heavy atom. The van der Waals surface area contributed by atoms with Crippen molar-refractivity contribution in [3.05, 3.63) is 51.2 Å². The van der Waals surface area contributed by atoms with Gasteiger partial charge in [-0.1, -0.05) is 23.7 Å². The minimum Gasteiger partial charge on any atom is -0.374 e. The van der Waals surface area contributed by atoms with Crippen molar-refractivity contribution in [3.8, 4) is 0 Å². The fourth-order valence-corrected chi connectivity index (χ4v) is 2.98. The van der Waals surface area contributed by atoms with Crippen molar-refractivity contribution in [2.75, 3.05) is 25.0 Å². The van der Waals surface area contributed by atoms with Gasteiger partial charge in [-0.25, -0.2) is 0 Å². The Labute approximate surface area is 123 Å². The molecule has 4 heteroatoms. The van der Waals surface area contributed by atoms with Gasteiger partial charge in [-0.3, -0.25) is 0 Å². The molecule has 0 fully saturated rings. The molecule has 0 saturated carbocycles. The Bertz CT molecular complexity index is 511. The van der Waals surface area contributed by atoms with Crippen LogP contribution < -0.4 is 10.6 Å². The highest BCUT2D eigenvalue weighted by Gasteiger charge is 2.08. The van der Waals surface area contributed by atoms with Gasteiger partial charge in [0, 0.05) is 29.2 Å². The third-order valence-corrected chi connectivity index (χ3v) is 4.32. The van der Waals surface area contributed by atoms with Crippen molar-refractivity contribution in [1.29, 1.82) is 0 Å². The summed E-state index contributed by atoms with van der Waals surface area (Å²) in [5.41, 5.74) is 8.12. The third kappa shape index (κ3) is 3.96. The van der Waals surface area contributed by atoms with Gasteiger partial charge in [0.2, 0.25) is 0 Å². The summed E-state index contributed by atoms with van der Waals surface area (Å²) < 4.78 is 0. The molecule has 0 aliphatic heterocycles. The number of thiophene rings is 1. The van der Waals surface area contributed by atoms with Gasteiger partial charge in [-0.05, 0) is 48.5 Å². The summed E-state index contributed by atoms with van der Waals surface area (Å²) >= 11 is 7.91. The molecule has 2 rings (SSSR count). The first-order valence-electron chi connectivity index (χ1n) is 6.42. The van der Waals surface area contributed by atoms with Crippen LogP contribution in [0.4, 0.5) is 5.69 Å². The highest BCUT2D eigenvalue weighted by molar-refractivity contribution is 7.09. The summed E-state index contributed by atoms with van der Waals surface area (Å²) in [6, 6.07) is 10.3. The lowest BCUT2D eigenvalue weighted by Crippen LogP contribution is -2.22. The molecular formula is C15H19ClN2S. The van der Waals surface area contributed by atoms with E-state index < -0.39 is 0 Å². The van der Waals surface area contributed by atoms with E-state index in [2.05, 4.69) is 35.5 Å². The molecule has 19 heavy (non-hydrogen) atoms. The fourth-order valence-electron chi connectivity index (χ4n) is 2.11. The first-order chi connectivity index (χ1) is 9.20. The van der Waals surface area contributed by atoms with Crippen LogP contribution in [-0.4, -0.2) is 20.1 Å². The van der Waals surface area contributed by atoms with Gasteiger partial charge in [-0.15, -0.1) is 11.3 Å². The van der Waals surface area contributed by atoms with Gasteiger partial charge in [0.25, 0.3) is 0 Å². The maximum absolute atomic E-state index is 6.10. The van der Waals surface area contributed by atoms with Crippen molar-refractivity contribution in [3.63, 3.8) is 0 Å². The van der Waals surface area contributed by atoms with Gasteiger partial charge < -0.3 is 10.6 Å². The van der Waals surface area contributed by atoms with Gasteiger partial charge >= 0.3 is 0 Å². The number of nitrogens with zero attached hydrogens (tertiary/aromatic N) is 1. The number of hydrogen-bond acceptors (Lipinski definition) is 3. The topological polar surface area (TPSA) is 29.3 Å². The SMILES string of the molecule is CN(CCc1cccs1)c1cc(Cl)ccc1CCN. The molecule has 0 unspecified atom stereocenters. The zero-order valence-electron chi connectivity index (χ0n) is 11.1. The summed E-state index contributed by atoms with van der Waals surface area (Å²) in [5.74, 6) is 0. The van der Waals surface area contributed by atoms with E-state index >= 15 is 0 Å². The summed E-state index contributed by atoms with van der Waals surface area (Å²) in [4.78, 5) is 3.67. The molecule has 0 amide bonds. The van der Waals surface area contributed by atoms with E-state index in [0.29, 0.717) is 6.54 Å². The van der Waals surface area contributed by atoms with Crippen LogP contribution in [0.1, 0.15) is 10.4 Å². The Hall–Kier alpha value is -1.03. The van der Waals surface area contributed by atoms with Crippen LogP contribution >= 0.6 is 22.9 Å². The Kier molecular flexibility index (Phi) is 5.25. The molecule has 0 radical (unpaired) electrons. The summed E-state index contributed by atoms with van der Waals surface area (Å²) in [6.07, 6.45) is 1.94. The van der Waals surface area contributed by atoms with E-state index in [1.54, 1.807) is 11.3 Å². The molecule has 1 heterocycles. The van der Waals surface area contributed by atoms with Crippen LogP contribution in [0.15, 0.2) is 35.7 Å². The first kappa shape index (κ1) is 14.4. The quantitative estimate of drug-likeness (QED) is 0.882. The largest absolute Gasteiger partial charge is 0.374 e. The molecule has 1 aromatic carbocycles. The molecule has 102 valence electrons. The van der Waals surface area contributed by atoms with Gasteiger partial charge in [-0.2, -0.15) is 0 Å². The number of rotatable bonds is 6. The monoisotopic (exact) mass is 294 g/mol. The van der Waals surface area contributed by atoms with E-state index in [9.17, 15) is 0 Å². The molecule has 1 aromatic heterocycles. The Morgan fingerprint density at radius 1 is 1.26 bits per heavy atom. The van der Waals surface area contributed by atoms with Crippen molar-refractivity contribution in [1.82, 2.24) is 0 Å². The fraction of sp³-hybridized carbons (Fsp3) is 0.333. The van der Waals surface area contributed by atoms with Crippen molar-refractivity contribution in [2.24, 2.45) is 5.73 Å². The number of halogens is 1. The lowest BCUT2D eigenvalue weighted by Gasteiger charge is -2.22. The normalized spacial score (nSPS) is 10.7. The van der Waals surface area contributed by atoms with E-state index in [1.165, 1.54) is 16.1 Å². The van der Waals surface area contributed by atoms with Gasteiger partial charge in [0.15, 0.2) is 0 Å². The van der Waals surface area contributed by atoms with Crippen LogP contribution in [0.5, 0.6) is 0 Å². The number of nitrogens with two attached hydrogens (primary N) is 1. The number of likely N-dealkylation sites (N-methyl/N-ethyl adjacent to an activating group) is 1. The second-order valence-corrected chi connectivity index (χ2v) is 6.03. The first-order valence-corrected chi connectivity index (χ1v) is 7.68. The summed E-state index contributed by atoms with van der Waals surface area (Å²) in [5, 5.41) is 2.90. The number of benzene rings is 1. The average Bonchev–Trinajstić information content (AvgIpc) is 2.91. The smallest absolute Gasteiger partial charge is 0.0426 e. The molecule has 0 saturated heterocycles. The zero-order valence-corrected chi connectivity index (χ0v) is 12.7. The maximum Gasteiger partial charge on any atom is 0.0426 e. The molecule has 0 atom stereocenters. The maximum atomic E-state index is 6.10. The summed E-state index contributed by atoms with van der Waals surface area (Å²) in [7, 11) is 2.11. The minimum absolute atomic E-state index is 0.660. The standard InChI is InChI=1S/C15H19ClN2S/c1-18(9-7-14-3-2-10-19-14)15-11-13(16)5-4-12(15)6-8-17/h2-5,10-11H,6-9,17H2,1H3. The highest BCUT2D eigenvalue weighted by Crippen LogP contribution is 2.25. The van der Waals surface area contributed by atoms with Crippen molar-refractivity contribution in [2.45, 2.75) is 12.8 Å². The van der Waals surface area contributed by atoms with Crippen LogP contribution in [0, 0.1) is 0 Å². The molecule has 0 bridgehead atoms.